The molecule has 3 fully saturated rings. The summed E-state index contributed by atoms with van der Waals surface area (Å²) in [5.41, 5.74) is -0.455. The second-order valence-electron chi connectivity index (χ2n) is 11.8. The van der Waals surface area contributed by atoms with E-state index in [4.69, 9.17) is 4.74 Å². The Morgan fingerprint density at radius 2 is 1.75 bits per heavy atom. The number of nitrogens with zero attached hydrogens (tertiary/aromatic N) is 1. The van der Waals surface area contributed by atoms with Crippen molar-refractivity contribution in [3.63, 3.8) is 0 Å². The smallest absolute Gasteiger partial charge is 0.245 e. The summed E-state index contributed by atoms with van der Waals surface area (Å²) >= 11 is 0. The maximum absolute atomic E-state index is 14.4. The first-order chi connectivity index (χ1) is 19.3. The van der Waals surface area contributed by atoms with Crippen LogP contribution in [0.1, 0.15) is 52.0 Å². The van der Waals surface area contributed by atoms with Crippen LogP contribution in [0.15, 0.2) is 60.7 Å². The van der Waals surface area contributed by atoms with Crippen molar-refractivity contribution >= 4 is 23.4 Å². The van der Waals surface area contributed by atoms with Crippen LogP contribution in [0.5, 0.6) is 0 Å². The predicted octanol–water partition coefficient (Wildman–Crippen LogP) is 3.55. The number of anilines is 1. The third kappa shape index (κ3) is 4.71. The van der Waals surface area contributed by atoms with Crippen LogP contribution < -0.4 is 10.6 Å². The number of hydrogen-bond donors (Lipinski definition) is 3. The summed E-state index contributed by atoms with van der Waals surface area (Å²) in [6.07, 6.45) is 3.73. The molecule has 5 rings (SSSR count). The van der Waals surface area contributed by atoms with Crippen LogP contribution in [0.3, 0.4) is 0 Å². The summed E-state index contributed by atoms with van der Waals surface area (Å²) in [5.74, 6) is -2.52. The molecule has 3 aliphatic heterocycles. The Morgan fingerprint density at radius 3 is 2.40 bits per heavy atom. The maximum atomic E-state index is 14.4. The van der Waals surface area contributed by atoms with Gasteiger partial charge in [-0.1, -0.05) is 75.2 Å². The van der Waals surface area contributed by atoms with Crippen LogP contribution in [0.4, 0.5) is 5.69 Å². The monoisotopic (exact) mass is 547 g/mol. The fourth-order valence-corrected chi connectivity index (χ4v) is 7.33. The van der Waals surface area contributed by atoms with Gasteiger partial charge in [0.05, 0.1) is 30.1 Å². The summed E-state index contributed by atoms with van der Waals surface area (Å²) in [5, 5.41) is 16.6. The lowest BCUT2D eigenvalue weighted by molar-refractivity contribution is -0.149. The largest absolute Gasteiger partial charge is 0.394 e. The zero-order chi connectivity index (χ0) is 28.5. The van der Waals surface area contributed by atoms with Crippen LogP contribution >= 0.6 is 0 Å². The van der Waals surface area contributed by atoms with Crippen molar-refractivity contribution in [3.05, 3.63) is 66.2 Å². The highest BCUT2D eigenvalue weighted by Crippen LogP contribution is 2.65. The normalized spacial score (nSPS) is 31.2. The van der Waals surface area contributed by atoms with Crippen molar-refractivity contribution in [2.24, 2.45) is 17.8 Å². The summed E-state index contributed by atoms with van der Waals surface area (Å²) in [4.78, 5) is 43.9. The lowest BCUT2D eigenvalue weighted by Gasteiger charge is -2.37. The number of ether oxygens (including phenoxy) is 1. The molecule has 8 heteroatoms. The Balaban J connectivity index is 1.53. The maximum Gasteiger partial charge on any atom is 0.245 e. The van der Waals surface area contributed by atoms with Crippen LogP contribution in [-0.4, -0.2) is 64.2 Å². The third-order valence-electron chi connectivity index (χ3n) is 9.32. The Hall–Kier alpha value is -3.23. The molecule has 2 aromatic carbocycles. The van der Waals surface area contributed by atoms with Crippen molar-refractivity contribution in [1.82, 2.24) is 10.2 Å². The second kappa shape index (κ2) is 11.3. The first-order valence-corrected chi connectivity index (χ1v) is 14.6. The van der Waals surface area contributed by atoms with Crippen molar-refractivity contribution in [3.8, 4) is 0 Å². The summed E-state index contributed by atoms with van der Waals surface area (Å²) in [6, 6.07) is 17.2. The number of amides is 3. The SMILES string of the molecule is CCCCCNC(=O)C1N([C@@H](CO)Cc2ccccc2)C(=O)[C@@H]2[C@@H](C(=O)Nc3ccccc3)[C@]3(C)OC12CC3C. The van der Waals surface area contributed by atoms with E-state index in [0.717, 1.165) is 24.8 Å². The highest BCUT2D eigenvalue weighted by molar-refractivity contribution is 6.02. The standard InChI is InChI=1S/C32H41N3O5/c1-4-5-12-17-33-29(38)27-32-19-21(2)31(3,40-32)25(28(37)34-23-15-10-7-11-16-23)26(32)30(39)35(27)24(20-36)18-22-13-8-6-9-14-22/h6-11,13-16,21,24-27,36H,4-5,12,17-20H2,1-3H3,(H,33,38)(H,34,37)/t21?,24-,25+,26+,27?,31-,32?/m1/s1. The number of nitrogens with one attached hydrogen (secondary N) is 2. The van der Waals surface area contributed by atoms with Gasteiger partial charge in [0.2, 0.25) is 17.7 Å². The van der Waals surface area contributed by atoms with Crippen LogP contribution in [0.25, 0.3) is 0 Å². The van der Waals surface area contributed by atoms with Gasteiger partial charge in [-0.05, 0) is 49.8 Å². The van der Waals surface area contributed by atoms with Gasteiger partial charge in [0.15, 0.2) is 0 Å². The van der Waals surface area contributed by atoms with Gasteiger partial charge in [0.25, 0.3) is 0 Å². The minimum absolute atomic E-state index is 0.0554. The van der Waals surface area contributed by atoms with Gasteiger partial charge < -0.3 is 25.4 Å². The number of aliphatic hydroxyl groups is 1. The molecular formula is C32H41N3O5. The predicted molar refractivity (Wildman–Crippen MR) is 152 cm³/mol. The van der Waals surface area contributed by atoms with E-state index >= 15 is 0 Å². The van der Waals surface area contributed by atoms with E-state index < -0.39 is 35.1 Å². The van der Waals surface area contributed by atoms with E-state index in [1.54, 1.807) is 4.90 Å². The summed E-state index contributed by atoms with van der Waals surface area (Å²) in [6.45, 7) is 6.23. The van der Waals surface area contributed by atoms with Crippen molar-refractivity contribution in [2.45, 2.75) is 76.2 Å². The summed E-state index contributed by atoms with van der Waals surface area (Å²) < 4.78 is 6.80. The average Bonchev–Trinajstić information content (AvgIpc) is 3.47. The molecule has 1 spiro atoms. The van der Waals surface area contributed by atoms with E-state index in [2.05, 4.69) is 17.6 Å². The first-order valence-electron chi connectivity index (χ1n) is 14.6. The molecule has 2 bridgehead atoms. The highest BCUT2D eigenvalue weighted by atomic mass is 16.5. The molecule has 0 aliphatic carbocycles. The lowest BCUT2D eigenvalue weighted by Crippen LogP contribution is -2.58. The molecule has 2 aromatic rings. The van der Waals surface area contributed by atoms with Gasteiger partial charge >= 0.3 is 0 Å². The van der Waals surface area contributed by atoms with Crippen LogP contribution in [-0.2, 0) is 25.5 Å². The molecule has 7 atom stereocenters. The molecule has 3 saturated heterocycles. The number of carbonyl (C=O) groups excluding carboxylic acids is 3. The zero-order valence-corrected chi connectivity index (χ0v) is 23.6. The minimum atomic E-state index is -1.15. The Kier molecular flexibility index (Phi) is 8.02. The number of rotatable bonds is 11. The zero-order valence-electron chi connectivity index (χ0n) is 23.6. The average molecular weight is 548 g/mol. The Labute approximate surface area is 236 Å². The van der Waals surface area contributed by atoms with E-state index in [-0.39, 0.29) is 30.2 Å². The van der Waals surface area contributed by atoms with Crippen molar-refractivity contribution in [1.29, 1.82) is 0 Å². The molecule has 3 heterocycles. The number of benzene rings is 2. The van der Waals surface area contributed by atoms with Gasteiger partial charge in [-0.25, -0.2) is 0 Å². The molecule has 0 aromatic heterocycles. The van der Waals surface area contributed by atoms with Crippen LogP contribution in [0.2, 0.25) is 0 Å². The molecule has 0 saturated carbocycles. The van der Waals surface area contributed by atoms with E-state index in [0.29, 0.717) is 25.1 Å². The number of aliphatic hydroxyl groups excluding tert-OH is 1. The Morgan fingerprint density at radius 1 is 1.07 bits per heavy atom. The fourth-order valence-electron chi connectivity index (χ4n) is 7.33. The van der Waals surface area contributed by atoms with Gasteiger partial charge in [0, 0.05) is 12.2 Å². The van der Waals surface area contributed by atoms with Gasteiger partial charge in [-0.15, -0.1) is 0 Å². The highest BCUT2D eigenvalue weighted by Gasteiger charge is 2.80. The van der Waals surface area contributed by atoms with Crippen molar-refractivity contribution < 1.29 is 24.2 Å². The van der Waals surface area contributed by atoms with E-state index in [9.17, 15) is 19.5 Å². The van der Waals surface area contributed by atoms with Crippen LogP contribution in [0, 0.1) is 17.8 Å². The van der Waals surface area contributed by atoms with Gasteiger partial charge in [-0.3, -0.25) is 14.4 Å². The number of para-hydroxylation sites is 1. The molecule has 3 unspecified atom stereocenters. The third-order valence-corrected chi connectivity index (χ3v) is 9.32. The number of likely N-dealkylation sites (tertiary alicyclic amines) is 1. The van der Waals surface area contributed by atoms with Crippen molar-refractivity contribution in [2.75, 3.05) is 18.5 Å². The number of carbonyl (C=O) groups is 3. The van der Waals surface area contributed by atoms with Gasteiger partial charge in [-0.2, -0.15) is 0 Å². The summed E-state index contributed by atoms with van der Waals surface area (Å²) in [7, 11) is 0. The topological polar surface area (TPSA) is 108 Å². The quantitative estimate of drug-likeness (QED) is 0.373. The molecule has 214 valence electrons. The fraction of sp³-hybridized carbons (Fsp3) is 0.531. The number of fused-ring (bicyclic) bond motifs is 1. The molecule has 3 N–H and O–H groups in total. The molecule has 0 radical (unpaired) electrons. The van der Waals surface area contributed by atoms with E-state index in [1.807, 2.05) is 74.5 Å². The molecular weight excluding hydrogens is 506 g/mol. The second-order valence-corrected chi connectivity index (χ2v) is 11.8. The Bertz CT molecular complexity index is 1220. The number of hydrogen-bond acceptors (Lipinski definition) is 5. The molecule has 40 heavy (non-hydrogen) atoms. The molecule has 3 amide bonds. The lowest BCUT2D eigenvalue weighted by atomic mass is 9.62. The first kappa shape index (κ1) is 28.3. The van der Waals surface area contributed by atoms with E-state index in [1.165, 1.54) is 0 Å². The molecule has 8 nitrogen and oxygen atoms in total. The van der Waals surface area contributed by atoms with Gasteiger partial charge in [0.1, 0.15) is 11.6 Å². The number of unbranched alkanes of at least 4 members (excludes halogenated alkanes) is 2. The molecule has 3 aliphatic rings. The minimum Gasteiger partial charge on any atom is -0.394 e.